The molecule has 0 saturated carbocycles. The van der Waals surface area contributed by atoms with Crippen LogP contribution >= 0.6 is 11.6 Å². The molecule has 1 heterocycles. The second kappa shape index (κ2) is 3.81. The molecule has 14 heavy (non-hydrogen) atoms. The number of pyridine rings is 1. The minimum atomic E-state index is 0.762. The lowest BCUT2D eigenvalue weighted by molar-refractivity contribution is 1.20. The SMILES string of the molecule is Cc1ccc(-c2ccccc2Cl)cn1. The van der Waals surface area contributed by atoms with Crippen LogP contribution in [-0.4, -0.2) is 4.98 Å². The molecule has 0 fully saturated rings. The van der Waals surface area contributed by atoms with Crippen molar-refractivity contribution < 1.29 is 0 Å². The van der Waals surface area contributed by atoms with Crippen molar-refractivity contribution in [1.82, 2.24) is 4.98 Å². The maximum Gasteiger partial charge on any atom is 0.0484 e. The van der Waals surface area contributed by atoms with Gasteiger partial charge in [-0.1, -0.05) is 35.9 Å². The summed E-state index contributed by atoms with van der Waals surface area (Å²) in [7, 11) is 0. The highest BCUT2D eigenvalue weighted by molar-refractivity contribution is 6.33. The normalized spacial score (nSPS) is 10.1. The van der Waals surface area contributed by atoms with E-state index in [-0.39, 0.29) is 0 Å². The van der Waals surface area contributed by atoms with E-state index < -0.39 is 0 Å². The summed E-state index contributed by atoms with van der Waals surface area (Å²) in [6.07, 6.45) is 1.84. The molecule has 0 saturated heterocycles. The zero-order valence-corrected chi connectivity index (χ0v) is 8.62. The first kappa shape index (κ1) is 9.22. The van der Waals surface area contributed by atoms with Gasteiger partial charge in [0.1, 0.15) is 0 Å². The Bertz CT molecular complexity index is 434. The molecular weight excluding hydrogens is 194 g/mol. The fourth-order valence-corrected chi connectivity index (χ4v) is 1.57. The van der Waals surface area contributed by atoms with Crippen LogP contribution in [-0.2, 0) is 0 Å². The molecule has 70 valence electrons. The molecule has 0 atom stereocenters. The van der Waals surface area contributed by atoms with Crippen LogP contribution < -0.4 is 0 Å². The number of benzene rings is 1. The Labute approximate surface area is 88.4 Å². The van der Waals surface area contributed by atoms with Crippen molar-refractivity contribution in [3.63, 3.8) is 0 Å². The first-order valence-corrected chi connectivity index (χ1v) is 4.83. The summed E-state index contributed by atoms with van der Waals surface area (Å²) in [5.74, 6) is 0. The van der Waals surface area contributed by atoms with E-state index >= 15 is 0 Å². The van der Waals surface area contributed by atoms with Crippen molar-refractivity contribution in [1.29, 1.82) is 0 Å². The van der Waals surface area contributed by atoms with Crippen molar-refractivity contribution in [2.75, 3.05) is 0 Å². The Morgan fingerprint density at radius 1 is 1.07 bits per heavy atom. The fourth-order valence-electron chi connectivity index (χ4n) is 1.32. The molecule has 0 radical (unpaired) electrons. The minimum Gasteiger partial charge on any atom is -0.261 e. The zero-order valence-electron chi connectivity index (χ0n) is 7.87. The molecule has 1 nitrogen and oxygen atoms in total. The van der Waals surface area contributed by atoms with Gasteiger partial charge in [0.25, 0.3) is 0 Å². The molecule has 2 aromatic rings. The molecule has 0 aliphatic rings. The Kier molecular flexibility index (Phi) is 2.51. The van der Waals surface area contributed by atoms with Gasteiger partial charge in [-0.05, 0) is 19.1 Å². The molecule has 2 rings (SSSR count). The second-order valence-electron chi connectivity index (χ2n) is 3.17. The Balaban J connectivity index is 2.50. The molecule has 0 spiro atoms. The second-order valence-corrected chi connectivity index (χ2v) is 3.58. The van der Waals surface area contributed by atoms with Gasteiger partial charge >= 0.3 is 0 Å². The Morgan fingerprint density at radius 3 is 2.50 bits per heavy atom. The summed E-state index contributed by atoms with van der Waals surface area (Å²) in [6.45, 7) is 1.97. The molecule has 1 aromatic carbocycles. The van der Waals surface area contributed by atoms with Gasteiger partial charge < -0.3 is 0 Å². The van der Waals surface area contributed by atoms with Gasteiger partial charge in [0.15, 0.2) is 0 Å². The third-order valence-corrected chi connectivity index (χ3v) is 2.43. The minimum absolute atomic E-state index is 0.762. The van der Waals surface area contributed by atoms with Crippen molar-refractivity contribution >= 4 is 11.6 Å². The van der Waals surface area contributed by atoms with Gasteiger partial charge in [-0.2, -0.15) is 0 Å². The number of aryl methyl sites for hydroxylation is 1. The molecule has 0 amide bonds. The maximum absolute atomic E-state index is 6.07. The summed E-state index contributed by atoms with van der Waals surface area (Å²) in [5, 5.41) is 0.762. The van der Waals surface area contributed by atoms with E-state index in [1.54, 1.807) is 0 Å². The van der Waals surface area contributed by atoms with Gasteiger partial charge in [0, 0.05) is 28.0 Å². The highest BCUT2D eigenvalue weighted by atomic mass is 35.5. The molecule has 0 bridgehead atoms. The van der Waals surface area contributed by atoms with Crippen LogP contribution in [0.5, 0.6) is 0 Å². The van der Waals surface area contributed by atoms with Gasteiger partial charge in [0.05, 0.1) is 0 Å². The number of hydrogen-bond acceptors (Lipinski definition) is 1. The van der Waals surface area contributed by atoms with Gasteiger partial charge in [-0.25, -0.2) is 0 Å². The molecule has 0 aliphatic heterocycles. The highest BCUT2D eigenvalue weighted by Gasteiger charge is 2.01. The van der Waals surface area contributed by atoms with Crippen LogP contribution in [0.2, 0.25) is 5.02 Å². The van der Waals surface area contributed by atoms with E-state index in [4.69, 9.17) is 11.6 Å². The first-order valence-electron chi connectivity index (χ1n) is 4.45. The van der Waals surface area contributed by atoms with Crippen LogP contribution in [0.25, 0.3) is 11.1 Å². The molecule has 2 heteroatoms. The molecule has 1 aromatic heterocycles. The predicted molar refractivity (Wildman–Crippen MR) is 59.4 cm³/mol. The summed E-state index contributed by atoms with van der Waals surface area (Å²) in [4.78, 5) is 4.24. The molecule has 0 N–H and O–H groups in total. The number of nitrogens with zero attached hydrogens (tertiary/aromatic N) is 1. The van der Waals surface area contributed by atoms with Crippen molar-refractivity contribution in [3.8, 4) is 11.1 Å². The topological polar surface area (TPSA) is 12.9 Å². The van der Waals surface area contributed by atoms with Crippen molar-refractivity contribution in [2.45, 2.75) is 6.92 Å². The Morgan fingerprint density at radius 2 is 1.86 bits per heavy atom. The third kappa shape index (κ3) is 1.78. The van der Waals surface area contributed by atoms with Crippen LogP contribution in [0, 0.1) is 6.92 Å². The summed E-state index contributed by atoms with van der Waals surface area (Å²) in [6, 6.07) is 11.8. The first-order chi connectivity index (χ1) is 6.77. The molecule has 0 unspecified atom stereocenters. The summed E-state index contributed by atoms with van der Waals surface area (Å²) < 4.78 is 0. The highest BCUT2D eigenvalue weighted by Crippen LogP contribution is 2.26. The predicted octanol–water partition coefficient (Wildman–Crippen LogP) is 3.71. The number of hydrogen-bond donors (Lipinski definition) is 0. The van der Waals surface area contributed by atoms with E-state index in [2.05, 4.69) is 4.98 Å². The van der Waals surface area contributed by atoms with Gasteiger partial charge in [0.2, 0.25) is 0 Å². The van der Waals surface area contributed by atoms with E-state index in [0.717, 1.165) is 21.8 Å². The lowest BCUT2D eigenvalue weighted by atomic mass is 10.1. The van der Waals surface area contributed by atoms with Crippen molar-refractivity contribution in [2.24, 2.45) is 0 Å². The smallest absolute Gasteiger partial charge is 0.0484 e. The van der Waals surface area contributed by atoms with Crippen LogP contribution in [0.15, 0.2) is 42.6 Å². The number of halogens is 1. The standard InChI is InChI=1S/C12H10ClN/c1-9-6-7-10(8-14-9)11-4-2-3-5-12(11)13/h2-8H,1H3. The lowest BCUT2D eigenvalue weighted by Gasteiger charge is -2.03. The van der Waals surface area contributed by atoms with Crippen LogP contribution in [0.1, 0.15) is 5.69 Å². The maximum atomic E-state index is 6.07. The quantitative estimate of drug-likeness (QED) is 0.689. The average Bonchev–Trinajstić information content (AvgIpc) is 2.20. The fraction of sp³-hybridized carbons (Fsp3) is 0.0833. The van der Waals surface area contributed by atoms with E-state index in [9.17, 15) is 0 Å². The van der Waals surface area contributed by atoms with E-state index in [0.29, 0.717) is 0 Å². The van der Waals surface area contributed by atoms with Crippen molar-refractivity contribution in [3.05, 3.63) is 53.3 Å². The molecule has 0 aliphatic carbocycles. The largest absolute Gasteiger partial charge is 0.261 e. The van der Waals surface area contributed by atoms with Gasteiger partial charge in [-0.3, -0.25) is 4.98 Å². The van der Waals surface area contributed by atoms with E-state index in [1.165, 1.54) is 0 Å². The summed E-state index contributed by atoms with van der Waals surface area (Å²) >= 11 is 6.07. The monoisotopic (exact) mass is 203 g/mol. The Hall–Kier alpha value is -1.34. The van der Waals surface area contributed by atoms with Gasteiger partial charge in [-0.15, -0.1) is 0 Å². The number of aromatic nitrogens is 1. The average molecular weight is 204 g/mol. The lowest BCUT2D eigenvalue weighted by Crippen LogP contribution is -1.83. The third-order valence-electron chi connectivity index (χ3n) is 2.10. The molecular formula is C12H10ClN. The van der Waals surface area contributed by atoms with E-state index in [1.807, 2.05) is 49.5 Å². The number of rotatable bonds is 1. The van der Waals surface area contributed by atoms with Crippen LogP contribution in [0.3, 0.4) is 0 Å². The zero-order chi connectivity index (χ0) is 9.97. The van der Waals surface area contributed by atoms with Crippen LogP contribution in [0.4, 0.5) is 0 Å². The summed E-state index contributed by atoms with van der Waals surface area (Å²) in [5.41, 5.74) is 3.10.